The number of nitrogens with zero attached hydrogens (tertiary/aromatic N) is 6. The fraction of sp³-hybridized carbons (Fsp3) is 0.333. The lowest BCUT2D eigenvalue weighted by atomic mass is 9.82. The Labute approximate surface area is 292 Å². The highest BCUT2D eigenvalue weighted by molar-refractivity contribution is 6.04. The van der Waals surface area contributed by atoms with Crippen LogP contribution in [-0.2, 0) is 27.0 Å². The third-order valence-corrected chi connectivity index (χ3v) is 9.13. The Kier molecular flexibility index (Phi) is 10.3. The number of benzene rings is 2. The summed E-state index contributed by atoms with van der Waals surface area (Å²) in [6, 6.07) is 15.6. The molecule has 4 aromatic rings. The zero-order valence-corrected chi connectivity index (χ0v) is 28.1. The van der Waals surface area contributed by atoms with Gasteiger partial charge < -0.3 is 15.4 Å². The van der Waals surface area contributed by atoms with E-state index in [1.54, 1.807) is 29.9 Å². The van der Waals surface area contributed by atoms with Crippen LogP contribution in [0.25, 0.3) is 5.69 Å². The molecule has 0 radical (unpaired) electrons. The van der Waals surface area contributed by atoms with Crippen LogP contribution in [0.2, 0.25) is 0 Å². The van der Waals surface area contributed by atoms with Gasteiger partial charge in [0.15, 0.2) is 0 Å². The standard InChI is InChI=1S/C36H37F3N8O4/c1-4-46-34-27(21-42-47(34)26-11-6-5-7-12-26)29(30(35(46)50)44-33(49)31-40-14-13-28(43-31)36(37,38)39)25-10-8-9-24(19-25)20-41-32(48)22(2)23(3)45-15-17-51-18-16-45/h5-14,19,21,23,29-30H,2,4,15-18,20H2,1,3H3,(H,41,48)(H,44,49)/t23?,29-,30-/m1/s1. The molecule has 1 fully saturated rings. The maximum Gasteiger partial charge on any atom is 0.433 e. The highest BCUT2D eigenvalue weighted by atomic mass is 19.4. The first-order chi connectivity index (χ1) is 24.5. The van der Waals surface area contributed by atoms with E-state index in [-0.39, 0.29) is 25.0 Å². The van der Waals surface area contributed by atoms with Crippen LogP contribution in [0.4, 0.5) is 19.0 Å². The van der Waals surface area contributed by atoms with Crippen LogP contribution in [-0.4, -0.2) is 87.3 Å². The number of amides is 3. The van der Waals surface area contributed by atoms with Gasteiger partial charge in [-0.25, -0.2) is 14.6 Å². The van der Waals surface area contributed by atoms with Gasteiger partial charge in [-0.15, -0.1) is 0 Å². The van der Waals surface area contributed by atoms with Crippen molar-refractivity contribution in [2.45, 2.75) is 44.6 Å². The van der Waals surface area contributed by atoms with Crippen molar-refractivity contribution >= 4 is 23.5 Å². The van der Waals surface area contributed by atoms with E-state index >= 15 is 0 Å². The van der Waals surface area contributed by atoms with E-state index in [1.807, 2.05) is 49.4 Å². The van der Waals surface area contributed by atoms with Crippen molar-refractivity contribution in [2.75, 3.05) is 37.7 Å². The van der Waals surface area contributed by atoms with E-state index in [0.717, 1.165) is 6.20 Å². The number of hydrogen-bond donors (Lipinski definition) is 2. The summed E-state index contributed by atoms with van der Waals surface area (Å²) in [4.78, 5) is 51.7. The Bertz CT molecular complexity index is 1930. The molecule has 2 aliphatic rings. The molecule has 51 heavy (non-hydrogen) atoms. The van der Waals surface area contributed by atoms with Gasteiger partial charge in [-0.1, -0.05) is 49.0 Å². The van der Waals surface area contributed by atoms with Crippen LogP contribution in [0.5, 0.6) is 0 Å². The average Bonchev–Trinajstić information content (AvgIpc) is 3.58. The van der Waals surface area contributed by atoms with Gasteiger partial charge in [-0.2, -0.15) is 18.3 Å². The van der Waals surface area contributed by atoms with Crippen molar-refractivity contribution < 1.29 is 32.3 Å². The van der Waals surface area contributed by atoms with Crippen LogP contribution in [0.3, 0.4) is 0 Å². The molecule has 0 aliphatic carbocycles. The number of fused-ring (bicyclic) bond motifs is 1. The fourth-order valence-corrected chi connectivity index (χ4v) is 6.42. The first-order valence-corrected chi connectivity index (χ1v) is 16.5. The highest BCUT2D eigenvalue weighted by Gasteiger charge is 2.45. The predicted molar refractivity (Wildman–Crippen MR) is 181 cm³/mol. The number of hydrogen-bond acceptors (Lipinski definition) is 8. The van der Waals surface area contributed by atoms with Crippen LogP contribution in [0.1, 0.15) is 52.8 Å². The number of para-hydroxylation sites is 1. The summed E-state index contributed by atoms with van der Waals surface area (Å²) in [6.07, 6.45) is -2.34. The van der Waals surface area contributed by atoms with Gasteiger partial charge in [-0.05, 0) is 43.2 Å². The van der Waals surface area contributed by atoms with Gasteiger partial charge in [0.2, 0.25) is 11.7 Å². The molecule has 12 nitrogen and oxygen atoms in total. The molecule has 2 N–H and O–H groups in total. The highest BCUT2D eigenvalue weighted by Crippen LogP contribution is 2.41. The molecule has 2 aromatic carbocycles. The molecule has 15 heteroatoms. The maximum absolute atomic E-state index is 14.3. The lowest BCUT2D eigenvalue weighted by molar-refractivity contribution is -0.141. The van der Waals surface area contributed by atoms with E-state index in [2.05, 4.69) is 37.2 Å². The number of morpholine rings is 1. The summed E-state index contributed by atoms with van der Waals surface area (Å²) in [5.41, 5.74) is 1.75. The number of alkyl halides is 3. The first-order valence-electron chi connectivity index (χ1n) is 16.5. The molecule has 3 atom stereocenters. The normalized spacial score (nSPS) is 18.5. The molecule has 0 spiro atoms. The van der Waals surface area contributed by atoms with Crippen molar-refractivity contribution in [2.24, 2.45) is 0 Å². The van der Waals surface area contributed by atoms with Gasteiger partial charge in [0.05, 0.1) is 25.1 Å². The van der Waals surface area contributed by atoms with Crippen molar-refractivity contribution in [3.8, 4) is 5.69 Å². The molecule has 266 valence electrons. The number of carbonyl (C=O) groups excluding carboxylic acids is 3. The van der Waals surface area contributed by atoms with Gasteiger partial charge in [0, 0.05) is 55.5 Å². The van der Waals surface area contributed by atoms with Crippen LogP contribution in [0, 0.1) is 0 Å². The van der Waals surface area contributed by atoms with E-state index in [4.69, 9.17) is 4.74 Å². The number of halogens is 3. The lowest BCUT2D eigenvalue weighted by Gasteiger charge is -2.38. The van der Waals surface area contributed by atoms with E-state index in [0.29, 0.717) is 66.1 Å². The second-order valence-electron chi connectivity index (χ2n) is 12.2. The minimum atomic E-state index is -4.80. The van der Waals surface area contributed by atoms with Crippen molar-refractivity contribution in [3.63, 3.8) is 0 Å². The molecular weight excluding hydrogens is 665 g/mol. The Morgan fingerprint density at radius 3 is 2.53 bits per heavy atom. The number of rotatable bonds is 10. The quantitative estimate of drug-likeness (QED) is 0.238. The van der Waals surface area contributed by atoms with Gasteiger partial charge >= 0.3 is 6.18 Å². The summed E-state index contributed by atoms with van der Waals surface area (Å²) < 4.78 is 47.3. The number of nitrogens with one attached hydrogen (secondary N) is 2. The molecule has 2 aliphatic heterocycles. The van der Waals surface area contributed by atoms with E-state index in [9.17, 15) is 27.6 Å². The number of ether oxygens (including phenoxy) is 1. The van der Waals surface area contributed by atoms with Gasteiger partial charge in [-0.3, -0.25) is 24.2 Å². The molecule has 0 saturated carbocycles. The van der Waals surface area contributed by atoms with Crippen LogP contribution in [0.15, 0.2) is 85.2 Å². The Hall–Kier alpha value is -5.41. The molecule has 2 aromatic heterocycles. The zero-order valence-electron chi connectivity index (χ0n) is 28.1. The topological polar surface area (TPSA) is 135 Å². The maximum atomic E-state index is 14.3. The first kappa shape index (κ1) is 35.4. The summed E-state index contributed by atoms with van der Waals surface area (Å²) in [6.45, 7) is 10.7. The molecule has 1 unspecified atom stereocenters. The SMILES string of the molecule is C=C(C(=O)NCc1cccc([C@@H]2c3cnn(-c4ccccc4)c3N(CC)C(=O)[C@@H]2NC(=O)c2nccc(C(F)(F)F)n2)c1)C(C)N1CCOCC1. The van der Waals surface area contributed by atoms with Crippen LogP contribution < -0.4 is 15.5 Å². The number of carbonyl (C=O) groups is 3. The van der Waals surface area contributed by atoms with Crippen LogP contribution >= 0.6 is 0 Å². The molecule has 3 amide bonds. The Morgan fingerprint density at radius 2 is 1.82 bits per heavy atom. The molecule has 0 bridgehead atoms. The van der Waals surface area contributed by atoms with Crippen molar-refractivity contribution in [3.05, 3.63) is 113 Å². The molecule has 6 rings (SSSR count). The monoisotopic (exact) mass is 702 g/mol. The fourth-order valence-electron chi connectivity index (χ4n) is 6.42. The predicted octanol–water partition coefficient (Wildman–Crippen LogP) is 3.87. The zero-order chi connectivity index (χ0) is 36.3. The summed E-state index contributed by atoms with van der Waals surface area (Å²) in [5, 5.41) is 10.2. The van der Waals surface area contributed by atoms with Gasteiger partial charge in [0.25, 0.3) is 11.8 Å². The Balaban J connectivity index is 1.33. The average molecular weight is 703 g/mol. The number of anilines is 1. The van der Waals surface area contributed by atoms with Crippen molar-refractivity contribution in [1.29, 1.82) is 0 Å². The summed E-state index contributed by atoms with van der Waals surface area (Å²) >= 11 is 0. The Morgan fingerprint density at radius 1 is 1.08 bits per heavy atom. The molecule has 4 heterocycles. The van der Waals surface area contributed by atoms with E-state index in [1.165, 1.54) is 4.90 Å². The van der Waals surface area contributed by atoms with Gasteiger partial charge in [0.1, 0.15) is 17.6 Å². The largest absolute Gasteiger partial charge is 0.433 e. The number of aromatic nitrogens is 4. The third-order valence-electron chi connectivity index (χ3n) is 9.13. The third kappa shape index (κ3) is 7.39. The summed E-state index contributed by atoms with van der Waals surface area (Å²) in [7, 11) is 0. The minimum absolute atomic E-state index is 0.147. The van der Waals surface area contributed by atoms with Crippen molar-refractivity contribution in [1.82, 2.24) is 35.3 Å². The number of likely N-dealkylation sites (N-methyl/N-ethyl adjacent to an activating group) is 1. The lowest BCUT2D eigenvalue weighted by Crippen LogP contribution is -2.55. The molecular formula is C36H37F3N8O4. The van der Waals surface area contributed by atoms with E-state index < -0.39 is 41.5 Å². The summed E-state index contributed by atoms with van der Waals surface area (Å²) in [5.74, 6) is -2.91. The second kappa shape index (κ2) is 14.8. The minimum Gasteiger partial charge on any atom is -0.379 e. The second-order valence-corrected chi connectivity index (χ2v) is 12.2. The smallest absolute Gasteiger partial charge is 0.379 e. The molecule has 1 saturated heterocycles.